The molecule has 2 rings (SSSR count). The lowest BCUT2D eigenvalue weighted by atomic mass is 10.1. The van der Waals surface area contributed by atoms with Crippen molar-refractivity contribution in [1.82, 2.24) is 0 Å². The van der Waals surface area contributed by atoms with Gasteiger partial charge in [-0.1, -0.05) is 35.3 Å². The molecule has 2 aromatic carbocycles. The molecule has 2 N–H and O–H groups in total. The first-order valence-electron chi connectivity index (χ1n) is 6.57. The lowest BCUT2D eigenvalue weighted by Crippen LogP contribution is -2.14. The molecule has 0 bridgehead atoms. The molecule has 0 aromatic heterocycles. The average molecular weight is 309 g/mol. The monoisotopic (exact) mass is 308 g/mol. The van der Waals surface area contributed by atoms with Crippen molar-refractivity contribution in [3.8, 4) is 0 Å². The quantitative estimate of drug-likeness (QED) is 0.748. The van der Waals surface area contributed by atoms with Gasteiger partial charge in [-0.3, -0.25) is 0 Å². The van der Waals surface area contributed by atoms with Gasteiger partial charge in [-0.2, -0.15) is 0 Å². The van der Waals surface area contributed by atoms with E-state index >= 15 is 0 Å². The summed E-state index contributed by atoms with van der Waals surface area (Å²) in [5.41, 5.74) is 4.66. The van der Waals surface area contributed by atoms with Crippen molar-refractivity contribution in [1.29, 1.82) is 0 Å². The molecule has 0 saturated heterocycles. The lowest BCUT2D eigenvalue weighted by Gasteiger charge is -2.13. The third-order valence-electron chi connectivity index (χ3n) is 3.29. The molecule has 0 atom stereocenters. The first kappa shape index (κ1) is 15.0. The van der Waals surface area contributed by atoms with E-state index in [2.05, 4.69) is 42.7 Å². The molecule has 20 heavy (non-hydrogen) atoms. The Labute approximate surface area is 130 Å². The maximum absolute atomic E-state index is 6.10. The molecule has 106 valence electrons. The fourth-order valence-electron chi connectivity index (χ4n) is 1.97. The number of hydrogen-bond donors (Lipinski definition) is 2. The van der Waals surface area contributed by atoms with Crippen molar-refractivity contribution in [3.05, 3.63) is 57.6 Å². The zero-order valence-corrected chi connectivity index (χ0v) is 13.1. The Morgan fingerprint density at radius 2 is 1.60 bits per heavy atom. The highest BCUT2D eigenvalue weighted by molar-refractivity contribution is 6.36. The molecule has 2 nitrogen and oxygen atoms in total. The Kier molecular flexibility index (Phi) is 5.16. The van der Waals surface area contributed by atoms with Gasteiger partial charge in [0.15, 0.2) is 0 Å². The molecule has 0 amide bonds. The molecule has 0 spiro atoms. The zero-order valence-electron chi connectivity index (χ0n) is 11.6. The molecule has 2 aromatic rings. The van der Waals surface area contributed by atoms with Gasteiger partial charge in [0.25, 0.3) is 0 Å². The second kappa shape index (κ2) is 6.87. The van der Waals surface area contributed by atoms with Crippen LogP contribution in [0.25, 0.3) is 0 Å². The normalized spacial score (nSPS) is 10.4. The molecular weight excluding hydrogens is 291 g/mol. The van der Waals surface area contributed by atoms with Crippen LogP contribution >= 0.6 is 23.2 Å². The summed E-state index contributed by atoms with van der Waals surface area (Å²) in [4.78, 5) is 0. The Balaban J connectivity index is 1.86. The number of benzene rings is 2. The lowest BCUT2D eigenvalue weighted by molar-refractivity contribution is 1.07. The van der Waals surface area contributed by atoms with Crippen LogP contribution in [0.5, 0.6) is 0 Å². The summed E-state index contributed by atoms with van der Waals surface area (Å²) in [6.45, 7) is 5.85. The fraction of sp³-hybridized carbons (Fsp3) is 0.250. The van der Waals surface area contributed by atoms with Gasteiger partial charge in [0, 0.05) is 23.8 Å². The molecule has 0 aliphatic heterocycles. The van der Waals surface area contributed by atoms with E-state index < -0.39 is 0 Å². The van der Waals surface area contributed by atoms with Gasteiger partial charge < -0.3 is 10.6 Å². The van der Waals surface area contributed by atoms with E-state index in [-0.39, 0.29) is 0 Å². The number of nitrogens with one attached hydrogen (secondary N) is 2. The van der Waals surface area contributed by atoms with Crippen LogP contribution in [0.1, 0.15) is 11.1 Å². The minimum atomic E-state index is 0.643. The average Bonchev–Trinajstić information content (AvgIpc) is 2.41. The Bertz CT molecular complexity index is 597. The SMILES string of the molecule is Cc1cccc(NCCNc2ccc(Cl)cc2Cl)c1C. The van der Waals surface area contributed by atoms with Crippen LogP contribution in [0.3, 0.4) is 0 Å². The topological polar surface area (TPSA) is 24.1 Å². The van der Waals surface area contributed by atoms with Crippen LogP contribution in [0.2, 0.25) is 10.0 Å². The Hall–Kier alpha value is -1.38. The standard InChI is InChI=1S/C16H18Cl2N2/c1-11-4-3-5-15(12(11)2)19-8-9-20-16-7-6-13(17)10-14(16)18/h3-7,10,19-20H,8-9H2,1-2H3. The van der Waals surface area contributed by atoms with E-state index in [4.69, 9.17) is 23.2 Å². The summed E-state index contributed by atoms with van der Waals surface area (Å²) >= 11 is 12.0. The maximum atomic E-state index is 6.10. The van der Waals surface area contributed by atoms with Crippen LogP contribution in [-0.2, 0) is 0 Å². The smallest absolute Gasteiger partial charge is 0.0652 e. The summed E-state index contributed by atoms with van der Waals surface area (Å²) in [6, 6.07) is 11.7. The van der Waals surface area contributed by atoms with Gasteiger partial charge in [0.2, 0.25) is 0 Å². The molecule has 0 radical (unpaired) electrons. The predicted octanol–water partition coefficient (Wildman–Crippen LogP) is 5.13. The zero-order chi connectivity index (χ0) is 14.5. The van der Waals surface area contributed by atoms with Crippen LogP contribution in [0.15, 0.2) is 36.4 Å². The van der Waals surface area contributed by atoms with Gasteiger partial charge in [-0.15, -0.1) is 0 Å². The van der Waals surface area contributed by atoms with E-state index in [9.17, 15) is 0 Å². The summed E-state index contributed by atoms with van der Waals surface area (Å²) < 4.78 is 0. The maximum Gasteiger partial charge on any atom is 0.0652 e. The second-order valence-electron chi connectivity index (χ2n) is 4.73. The van der Waals surface area contributed by atoms with E-state index in [0.717, 1.165) is 18.8 Å². The highest BCUT2D eigenvalue weighted by atomic mass is 35.5. The van der Waals surface area contributed by atoms with Crippen molar-refractivity contribution < 1.29 is 0 Å². The van der Waals surface area contributed by atoms with E-state index in [1.807, 2.05) is 12.1 Å². The number of aryl methyl sites for hydroxylation is 1. The Morgan fingerprint density at radius 1 is 0.900 bits per heavy atom. The Morgan fingerprint density at radius 3 is 2.30 bits per heavy atom. The van der Waals surface area contributed by atoms with E-state index in [1.165, 1.54) is 16.8 Å². The van der Waals surface area contributed by atoms with Crippen molar-refractivity contribution >= 4 is 34.6 Å². The minimum absolute atomic E-state index is 0.643. The van der Waals surface area contributed by atoms with Gasteiger partial charge in [0.1, 0.15) is 0 Å². The van der Waals surface area contributed by atoms with Crippen LogP contribution in [-0.4, -0.2) is 13.1 Å². The van der Waals surface area contributed by atoms with Crippen molar-refractivity contribution in [2.45, 2.75) is 13.8 Å². The van der Waals surface area contributed by atoms with E-state index in [0.29, 0.717) is 10.0 Å². The second-order valence-corrected chi connectivity index (χ2v) is 5.57. The molecule has 4 heteroatoms. The number of anilines is 2. The van der Waals surface area contributed by atoms with Crippen molar-refractivity contribution in [2.75, 3.05) is 23.7 Å². The van der Waals surface area contributed by atoms with Crippen molar-refractivity contribution in [2.24, 2.45) is 0 Å². The molecule has 0 saturated carbocycles. The third kappa shape index (κ3) is 3.81. The predicted molar refractivity (Wildman–Crippen MR) is 89.4 cm³/mol. The largest absolute Gasteiger partial charge is 0.383 e. The van der Waals surface area contributed by atoms with Crippen LogP contribution < -0.4 is 10.6 Å². The summed E-state index contributed by atoms with van der Waals surface area (Å²) in [7, 11) is 0. The van der Waals surface area contributed by atoms with Gasteiger partial charge in [-0.05, 0) is 49.2 Å². The van der Waals surface area contributed by atoms with Gasteiger partial charge >= 0.3 is 0 Å². The van der Waals surface area contributed by atoms with Crippen molar-refractivity contribution in [3.63, 3.8) is 0 Å². The first-order chi connectivity index (χ1) is 9.58. The molecule has 0 unspecified atom stereocenters. The van der Waals surface area contributed by atoms with Crippen LogP contribution in [0, 0.1) is 13.8 Å². The summed E-state index contributed by atoms with van der Waals surface area (Å²) in [5.74, 6) is 0. The minimum Gasteiger partial charge on any atom is -0.383 e. The molecule has 0 aliphatic carbocycles. The summed E-state index contributed by atoms with van der Waals surface area (Å²) in [6.07, 6.45) is 0. The highest BCUT2D eigenvalue weighted by Gasteiger charge is 2.01. The number of halogens is 2. The molecule has 0 heterocycles. The molecule has 0 aliphatic rings. The third-order valence-corrected chi connectivity index (χ3v) is 3.84. The fourth-order valence-corrected chi connectivity index (χ4v) is 2.45. The first-order valence-corrected chi connectivity index (χ1v) is 7.32. The van der Waals surface area contributed by atoms with Crippen LogP contribution in [0.4, 0.5) is 11.4 Å². The molecule has 0 fully saturated rings. The number of hydrogen-bond acceptors (Lipinski definition) is 2. The molecular formula is C16H18Cl2N2. The van der Waals surface area contributed by atoms with Gasteiger partial charge in [-0.25, -0.2) is 0 Å². The highest BCUT2D eigenvalue weighted by Crippen LogP contribution is 2.25. The van der Waals surface area contributed by atoms with E-state index in [1.54, 1.807) is 6.07 Å². The van der Waals surface area contributed by atoms with Gasteiger partial charge in [0.05, 0.1) is 10.7 Å². The number of rotatable bonds is 5. The summed E-state index contributed by atoms with van der Waals surface area (Å²) in [5, 5.41) is 8.00.